The molecule has 3 amide bonds. The molecule has 10 heteroatoms. The van der Waals surface area contributed by atoms with Gasteiger partial charge in [0.15, 0.2) is 6.29 Å². The predicted octanol–water partition coefficient (Wildman–Crippen LogP) is 2.92. The third kappa shape index (κ3) is 7.28. The van der Waals surface area contributed by atoms with Crippen molar-refractivity contribution in [2.45, 2.75) is 19.6 Å². The molecule has 1 saturated heterocycles. The zero-order valence-electron chi connectivity index (χ0n) is 21.4. The lowest BCUT2D eigenvalue weighted by Crippen LogP contribution is -2.39. The minimum Gasteiger partial charge on any atom is -0.398 e. The van der Waals surface area contributed by atoms with Gasteiger partial charge in [0, 0.05) is 35.1 Å². The Morgan fingerprint density at radius 3 is 2.68 bits per heavy atom. The number of nitrogens with one attached hydrogen (secondary N) is 2. The lowest BCUT2D eigenvalue weighted by Gasteiger charge is -2.20. The van der Waals surface area contributed by atoms with Gasteiger partial charge >= 0.3 is 6.03 Å². The largest absolute Gasteiger partial charge is 0.398 e. The topological polar surface area (TPSA) is 132 Å². The number of carbonyl (C=O) groups is 2. The highest BCUT2D eigenvalue weighted by molar-refractivity contribution is 7.10. The van der Waals surface area contributed by atoms with Gasteiger partial charge in [0.1, 0.15) is 0 Å². The fourth-order valence-electron chi connectivity index (χ4n) is 3.91. The van der Waals surface area contributed by atoms with E-state index in [0.29, 0.717) is 54.5 Å². The number of carbonyl (C=O) groups excluding carboxylic acids is 2. The number of nitrogen functional groups attached to an aromatic ring is 1. The molecule has 0 aliphatic carbocycles. The highest BCUT2D eigenvalue weighted by Gasteiger charge is 2.20. The Bertz CT molecular complexity index is 1330. The van der Waals surface area contributed by atoms with E-state index in [0.717, 1.165) is 16.0 Å². The van der Waals surface area contributed by atoms with Crippen LogP contribution in [0.25, 0.3) is 6.08 Å². The fraction of sp³-hybridized carbons (Fsp3) is 0.250. The van der Waals surface area contributed by atoms with E-state index < -0.39 is 6.29 Å². The second-order valence-electron chi connectivity index (χ2n) is 8.95. The van der Waals surface area contributed by atoms with Gasteiger partial charge in [-0.05, 0) is 59.8 Å². The fourth-order valence-corrected chi connectivity index (χ4v) is 4.62. The van der Waals surface area contributed by atoms with Crippen molar-refractivity contribution in [3.05, 3.63) is 81.6 Å². The molecule has 1 aromatic heterocycles. The maximum Gasteiger partial charge on any atom is 0.321 e. The molecule has 9 nitrogen and oxygen atoms in total. The molecule has 0 spiro atoms. The van der Waals surface area contributed by atoms with Crippen molar-refractivity contribution in [3.8, 4) is 0 Å². The zero-order valence-corrected chi connectivity index (χ0v) is 22.2. The van der Waals surface area contributed by atoms with Crippen molar-refractivity contribution >= 4 is 52.1 Å². The van der Waals surface area contributed by atoms with E-state index >= 15 is 0 Å². The first-order chi connectivity index (χ1) is 18.3. The average Bonchev–Trinajstić information content (AvgIpc) is 3.59. The minimum atomic E-state index is -0.400. The number of hydrogen-bond donors (Lipinski definition) is 4. The second-order valence-corrected chi connectivity index (χ2v) is 9.99. The Hall–Kier alpha value is -3.99. The van der Waals surface area contributed by atoms with E-state index in [1.54, 1.807) is 36.6 Å². The second kappa shape index (κ2) is 12.5. The lowest BCUT2D eigenvalue weighted by molar-refractivity contribution is -0.115. The third-order valence-corrected chi connectivity index (χ3v) is 6.83. The molecule has 0 saturated carbocycles. The summed E-state index contributed by atoms with van der Waals surface area (Å²) in [5, 5.41) is 14.2. The van der Waals surface area contributed by atoms with Gasteiger partial charge < -0.3 is 30.7 Å². The molecule has 1 aliphatic heterocycles. The molecule has 6 N–H and O–H groups in total. The number of rotatable bonds is 9. The van der Waals surface area contributed by atoms with E-state index in [-0.39, 0.29) is 11.9 Å². The monoisotopic (exact) mass is 534 g/mol. The molecule has 2 heterocycles. The molecule has 3 aromatic rings. The number of likely N-dealkylation sites (N-methyl/N-ethyl adjacent to an activating group) is 1. The smallest absolute Gasteiger partial charge is 0.321 e. The van der Waals surface area contributed by atoms with Gasteiger partial charge in [-0.2, -0.15) is 0 Å². The molecule has 1 fully saturated rings. The van der Waals surface area contributed by atoms with Gasteiger partial charge in [-0.3, -0.25) is 10.2 Å². The number of amides is 3. The van der Waals surface area contributed by atoms with E-state index in [9.17, 15) is 9.59 Å². The van der Waals surface area contributed by atoms with Crippen molar-refractivity contribution in [2.24, 2.45) is 0 Å². The maximum atomic E-state index is 12.5. The first-order valence-corrected chi connectivity index (χ1v) is 13.0. The summed E-state index contributed by atoms with van der Waals surface area (Å²) < 4.78 is 10.8. The van der Waals surface area contributed by atoms with Crippen molar-refractivity contribution in [1.82, 2.24) is 4.90 Å². The van der Waals surface area contributed by atoms with Gasteiger partial charge in [0.2, 0.25) is 11.6 Å². The number of urea groups is 1. The maximum absolute atomic E-state index is 12.5. The normalized spacial score (nSPS) is 13.5. The van der Waals surface area contributed by atoms with Crippen LogP contribution in [0, 0.1) is 6.92 Å². The molecule has 0 atom stereocenters. The number of nitrogens with two attached hydrogens (primary N) is 2. The molecular formula is C28H32N5O4S+. The van der Waals surface area contributed by atoms with E-state index in [4.69, 9.17) is 20.6 Å². The van der Waals surface area contributed by atoms with Crippen LogP contribution in [-0.4, -0.2) is 55.6 Å². The van der Waals surface area contributed by atoms with Crippen LogP contribution in [-0.2, 0) is 20.7 Å². The van der Waals surface area contributed by atoms with E-state index in [1.165, 1.54) is 4.90 Å². The van der Waals surface area contributed by atoms with Crippen LogP contribution in [0.5, 0.6) is 0 Å². The summed E-state index contributed by atoms with van der Waals surface area (Å²) in [6.07, 6.45) is 3.49. The Labute approximate surface area is 225 Å². The van der Waals surface area contributed by atoms with Crippen LogP contribution in [0.1, 0.15) is 21.6 Å². The third-order valence-electron chi connectivity index (χ3n) is 5.95. The summed E-state index contributed by atoms with van der Waals surface area (Å²) in [4.78, 5) is 27.6. The first kappa shape index (κ1) is 27.1. The zero-order chi connectivity index (χ0) is 27.1. The van der Waals surface area contributed by atoms with Gasteiger partial charge in [-0.15, -0.1) is 11.3 Å². The summed E-state index contributed by atoms with van der Waals surface area (Å²) >= 11 is 1.54. The Kier molecular flexibility index (Phi) is 8.90. The number of ether oxygens (including phenoxy) is 2. The Morgan fingerprint density at radius 2 is 1.95 bits per heavy atom. The van der Waals surface area contributed by atoms with Gasteiger partial charge in [-0.25, -0.2) is 4.79 Å². The van der Waals surface area contributed by atoms with Crippen molar-refractivity contribution in [3.63, 3.8) is 0 Å². The molecule has 38 heavy (non-hydrogen) atoms. The van der Waals surface area contributed by atoms with Crippen LogP contribution >= 0.6 is 11.3 Å². The predicted molar refractivity (Wildman–Crippen MR) is 151 cm³/mol. The van der Waals surface area contributed by atoms with Crippen LogP contribution < -0.4 is 21.8 Å². The molecule has 4 rings (SSSR count). The summed E-state index contributed by atoms with van der Waals surface area (Å²) in [7, 11) is 1.69. The molecule has 0 radical (unpaired) electrons. The van der Waals surface area contributed by atoms with Crippen molar-refractivity contribution in [1.29, 1.82) is 0 Å². The molecular weight excluding hydrogens is 502 g/mol. The number of anilines is 3. The Morgan fingerprint density at radius 1 is 1.16 bits per heavy atom. The van der Waals surface area contributed by atoms with Crippen LogP contribution in [0.3, 0.4) is 0 Å². The summed E-state index contributed by atoms with van der Waals surface area (Å²) in [6, 6.07) is 14.6. The average molecular weight is 535 g/mol. The summed E-state index contributed by atoms with van der Waals surface area (Å²) in [5.74, 6) is -0.104. The van der Waals surface area contributed by atoms with Crippen LogP contribution in [0.15, 0.2) is 60.0 Å². The first-order valence-electron chi connectivity index (χ1n) is 12.2. The van der Waals surface area contributed by atoms with Crippen molar-refractivity contribution < 1.29 is 24.5 Å². The number of hydrogen-bond acceptors (Lipinski definition) is 6. The highest BCUT2D eigenvalue weighted by atomic mass is 32.1. The number of benzene rings is 2. The summed E-state index contributed by atoms with van der Waals surface area (Å²) in [6.45, 7) is 3.30. The van der Waals surface area contributed by atoms with Crippen LogP contribution in [0.4, 0.5) is 21.9 Å². The molecule has 2 aromatic carbocycles. The van der Waals surface area contributed by atoms with E-state index in [2.05, 4.69) is 10.6 Å². The molecule has 0 bridgehead atoms. The number of allylic oxidation sites excluding steroid dienone is 1. The van der Waals surface area contributed by atoms with E-state index in [1.807, 2.05) is 54.8 Å². The number of nitrogens with zero attached hydrogens (tertiary/aromatic N) is 1. The highest BCUT2D eigenvalue weighted by Crippen LogP contribution is 2.24. The van der Waals surface area contributed by atoms with Gasteiger partial charge in [0.05, 0.1) is 31.7 Å². The number of thiophene rings is 1. The summed E-state index contributed by atoms with van der Waals surface area (Å²) in [5.41, 5.74) is 10.8. The van der Waals surface area contributed by atoms with Crippen LogP contribution in [0.2, 0.25) is 0 Å². The quantitative estimate of drug-likeness (QED) is 0.248. The van der Waals surface area contributed by atoms with Gasteiger partial charge in [-0.1, -0.05) is 18.2 Å². The Balaban J connectivity index is 1.40. The standard InChI is InChI=1S/C28H31N5O4S/c1-18-13-24(30)22(16-25(18)32-26(34)15-21-7-4-12-38-21)23(29)9-8-19-5-3-6-20(14-19)31-28(35)33(2)17-27-36-10-11-37-27/h3-9,12-14,16,27,29H,10-11,15,17,30H2,1-2H3,(H,31,35)(H,32,34)/p+1/b9-8+,29-23?. The minimum absolute atomic E-state index is 0.104. The number of aryl methyl sites for hydroxylation is 1. The van der Waals surface area contributed by atoms with Crippen molar-refractivity contribution in [2.75, 3.05) is 43.2 Å². The SMILES string of the molecule is Cc1cc(N)c(C(=[NH2+])/C=C/c2cccc(NC(=O)N(C)CC3OCCO3)c2)cc1NC(=O)Cc1cccs1. The molecule has 198 valence electrons. The van der Waals surface area contributed by atoms with Gasteiger partial charge in [0.25, 0.3) is 0 Å². The molecule has 0 unspecified atom stereocenters. The lowest BCUT2D eigenvalue weighted by atomic mass is 10.0. The molecule has 1 aliphatic rings.